The van der Waals surface area contributed by atoms with E-state index >= 15 is 0 Å². The molecule has 1 amide bonds. The second-order valence-corrected chi connectivity index (χ2v) is 4.03. The van der Waals surface area contributed by atoms with E-state index in [0.29, 0.717) is 18.7 Å². The summed E-state index contributed by atoms with van der Waals surface area (Å²) in [7, 11) is 0. The quantitative estimate of drug-likeness (QED) is 0.808. The van der Waals surface area contributed by atoms with Crippen molar-refractivity contribution in [2.24, 2.45) is 0 Å². The largest absolute Gasteiger partial charge is 0.479 e. The van der Waals surface area contributed by atoms with Gasteiger partial charge in [-0.3, -0.25) is 9.48 Å². The third kappa shape index (κ3) is 2.51. The molecular formula is C11H15N3O4. The number of aryl methyl sites for hydroxylation is 1. The number of morpholine rings is 1. The molecule has 0 saturated carbocycles. The highest BCUT2D eigenvalue weighted by molar-refractivity contribution is 5.94. The number of hydrogen-bond donors (Lipinski definition) is 1. The van der Waals surface area contributed by atoms with Crippen molar-refractivity contribution in [2.45, 2.75) is 19.6 Å². The highest BCUT2D eigenvalue weighted by Crippen LogP contribution is 2.10. The van der Waals surface area contributed by atoms with Gasteiger partial charge in [0.15, 0.2) is 6.10 Å². The Morgan fingerprint density at radius 3 is 3.00 bits per heavy atom. The van der Waals surface area contributed by atoms with E-state index < -0.39 is 12.1 Å². The maximum atomic E-state index is 12.1. The van der Waals surface area contributed by atoms with Gasteiger partial charge in [0.25, 0.3) is 5.91 Å². The van der Waals surface area contributed by atoms with Crippen LogP contribution in [0.2, 0.25) is 0 Å². The standard InChI is InChI=1S/C11H15N3O4/c1-2-14-6-8(5-12-14)10(15)13-3-4-18-9(7-13)11(16)17/h5-6,9H,2-4,7H2,1H3,(H,16,17)/t9-/m0/s1. The molecule has 1 aliphatic heterocycles. The van der Waals surface area contributed by atoms with Gasteiger partial charge in [0.1, 0.15) is 0 Å². The molecule has 7 heteroatoms. The van der Waals surface area contributed by atoms with Crippen LogP contribution in [0.15, 0.2) is 12.4 Å². The number of carboxylic acids is 1. The minimum atomic E-state index is -1.04. The van der Waals surface area contributed by atoms with Gasteiger partial charge in [0, 0.05) is 19.3 Å². The predicted octanol–water partition coefficient (Wildman–Crippen LogP) is -0.171. The molecular weight excluding hydrogens is 238 g/mol. The fourth-order valence-electron chi connectivity index (χ4n) is 1.81. The molecule has 0 spiro atoms. The zero-order valence-corrected chi connectivity index (χ0v) is 10.1. The molecule has 7 nitrogen and oxygen atoms in total. The highest BCUT2D eigenvalue weighted by atomic mass is 16.5. The van der Waals surface area contributed by atoms with Crippen LogP contribution in [0, 0.1) is 0 Å². The lowest BCUT2D eigenvalue weighted by Crippen LogP contribution is -2.48. The number of rotatable bonds is 3. The molecule has 2 rings (SSSR count). The Morgan fingerprint density at radius 2 is 2.39 bits per heavy atom. The molecule has 1 N–H and O–H groups in total. The first kappa shape index (κ1) is 12.6. The zero-order valence-electron chi connectivity index (χ0n) is 10.1. The van der Waals surface area contributed by atoms with E-state index in [9.17, 15) is 9.59 Å². The summed E-state index contributed by atoms with van der Waals surface area (Å²) in [6, 6.07) is 0. The van der Waals surface area contributed by atoms with Gasteiger partial charge in [-0.1, -0.05) is 0 Å². The minimum absolute atomic E-state index is 0.0749. The fourth-order valence-corrected chi connectivity index (χ4v) is 1.81. The summed E-state index contributed by atoms with van der Waals surface area (Å²) >= 11 is 0. The number of hydrogen-bond acceptors (Lipinski definition) is 4. The van der Waals surface area contributed by atoms with E-state index in [1.807, 2.05) is 6.92 Å². The van der Waals surface area contributed by atoms with Crippen LogP contribution in [0.3, 0.4) is 0 Å². The minimum Gasteiger partial charge on any atom is -0.479 e. The Balaban J connectivity index is 2.06. The van der Waals surface area contributed by atoms with E-state index in [0.717, 1.165) is 0 Å². The number of aliphatic carboxylic acids is 1. The van der Waals surface area contributed by atoms with E-state index in [2.05, 4.69) is 5.10 Å². The number of amides is 1. The van der Waals surface area contributed by atoms with Crippen LogP contribution in [-0.4, -0.2) is 57.5 Å². The third-order valence-electron chi connectivity index (χ3n) is 2.83. The first-order valence-electron chi connectivity index (χ1n) is 5.78. The molecule has 0 aromatic carbocycles. The van der Waals surface area contributed by atoms with E-state index in [1.54, 1.807) is 10.9 Å². The summed E-state index contributed by atoms with van der Waals surface area (Å²) in [6.07, 6.45) is 2.22. The molecule has 2 heterocycles. The summed E-state index contributed by atoms with van der Waals surface area (Å²) in [5.74, 6) is -1.25. The molecule has 1 aliphatic rings. The molecule has 1 fully saturated rings. The normalized spacial score (nSPS) is 19.8. The van der Waals surface area contributed by atoms with Crippen molar-refractivity contribution in [3.63, 3.8) is 0 Å². The lowest BCUT2D eigenvalue weighted by atomic mass is 10.2. The Hall–Kier alpha value is -1.89. The van der Waals surface area contributed by atoms with Gasteiger partial charge in [-0.15, -0.1) is 0 Å². The Kier molecular flexibility index (Phi) is 3.61. The van der Waals surface area contributed by atoms with Crippen LogP contribution >= 0.6 is 0 Å². The monoisotopic (exact) mass is 253 g/mol. The first-order valence-corrected chi connectivity index (χ1v) is 5.78. The summed E-state index contributed by atoms with van der Waals surface area (Å²) in [5, 5.41) is 12.9. The van der Waals surface area contributed by atoms with Crippen LogP contribution < -0.4 is 0 Å². The highest BCUT2D eigenvalue weighted by Gasteiger charge is 2.29. The molecule has 1 aromatic rings. The van der Waals surface area contributed by atoms with Crippen molar-refractivity contribution in [2.75, 3.05) is 19.7 Å². The second kappa shape index (κ2) is 5.18. The SMILES string of the molecule is CCn1cc(C(=O)N2CCO[C@H](C(=O)O)C2)cn1. The van der Waals surface area contributed by atoms with Gasteiger partial charge in [0.2, 0.25) is 0 Å². The molecule has 18 heavy (non-hydrogen) atoms. The maximum absolute atomic E-state index is 12.1. The molecule has 98 valence electrons. The van der Waals surface area contributed by atoms with Gasteiger partial charge >= 0.3 is 5.97 Å². The van der Waals surface area contributed by atoms with Gasteiger partial charge < -0.3 is 14.7 Å². The predicted molar refractivity (Wildman–Crippen MR) is 61.2 cm³/mol. The third-order valence-corrected chi connectivity index (χ3v) is 2.83. The van der Waals surface area contributed by atoms with E-state index in [-0.39, 0.29) is 19.1 Å². The molecule has 0 unspecified atom stereocenters. The topological polar surface area (TPSA) is 84.7 Å². The molecule has 0 bridgehead atoms. The number of aromatic nitrogens is 2. The van der Waals surface area contributed by atoms with Crippen LogP contribution in [0.4, 0.5) is 0 Å². The number of carbonyl (C=O) groups excluding carboxylic acids is 1. The number of nitrogens with zero attached hydrogens (tertiary/aromatic N) is 3. The summed E-state index contributed by atoms with van der Waals surface area (Å²) < 4.78 is 6.72. The van der Waals surface area contributed by atoms with Gasteiger partial charge in [-0.2, -0.15) is 5.10 Å². The lowest BCUT2D eigenvalue weighted by Gasteiger charge is -2.30. The smallest absolute Gasteiger partial charge is 0.334 e. The van der Waals surface area contributed by atoms with E-state index in [1.165, 1.54) is 11.1 Å². The number of carboxylic acid groups (broad SMARTS) is 1. The Morgan fingerprint density at radius 1 is 1.61 bits per heavy atom. The second-order valence-electron chi connectivity index (χ2n) is 4.03. The Labute approximate surface area is 104 Å². The van der Waals surface area contributed by atoms with Crippen molar-refractivity contribution in [1.29, 1.82) is 0 Å². The molecule has 1 saturated heterocycles. The fraction of sp³-hybridized carbons (Fsp3) is 0.545. The van der Waals surface area contributed by atoms with Crippen molar-refractivity contribution in [3.8, 4) is 0 Å². The average Bonchev–Trinajstić information content (AvgIpc) is 2.86. The van der Waals surface area contributed by atoms with Gasteiger partial charge in [-0.25, -0.2) is 4.79 Å². The average molecular weight is 253 g/mol. The van der Waals surface area contributed by atoms with Crippen LogP contribution in [0.5, 0.6) is 0 Å². The van der Waals surface area contributed by atoms with Gasteiger partial charge in [0.05, 0.1) is 24.9 Å². The Bertz CT molecular complexity index is 457. The number of ether oxygens (including phenoxy) is 1. The first-order chi connectivity index (χ1) is 8.61. The van der Waals surface area contributed by atoms with Gasteiger partial charge in [-0.05, 0) is 6.92 Å². The number of carbonyl (C=O) groups is 2. The molecule has 0 aliphatic carbocycles. The summed E-state index contributed by atoms with van der Waals surface area (Å²) in [6.45, 7) is 3.33. The molecule has 1 atom stereocenters. The summed E-state index contributed by atoms with van der Waals surface area (Å²) in [5.41, 5.74) is 0.475. The molecule has 1 aromatic heterocycles. The van der Waals surface area contributed by atoms with Crippen molar-refractivity contribution >= 4 is 11.9 Å². The van der Waals surface area contributed by atoms with Crippen molar-refractivity contribution < 1.29 is 19.4 Å². The van der Waals surface area contributed by atoms with E-state index in [4.69, 9.17) is 9.84 Å². The van der Waals surface area contributed by atoms with Crippen LogP contribution in [0.25, 0.3) is 0 Å². The molecule has 0 radical (unpaired) electrons. The lowest BCUT2D eigenvalue weighted by molar-refractivity contribution is -0.154. The van der Waals surface area contributed by atoms with Crippen LogP contribution in [0.1, 0.15) is 17.3 Å². The van der Waals surface area contributed by atoms with Crippen LogP contribution in [-0.2, 0) is 16.1 Å². The van der Waals surface area contributed by atoms with Crippen molar-refractivity contribution in [3.05, 3.63) is 18.0 Å². The van der Waals surface area contributed by atoms with Crippen molar-refractivity contribution in [1.82, 2.24) is 14.7 Å². The zero-order chi connectivity index (χ0) is 13.1. The maximum Gasteiger partial charge on any atom is 0.334 e. The summed E-state index contributed by atoms with van der Waals surface area (Å²) in [4.78, 5) is 24.4.